The van der Waals surface area contributed by atoms with Crippen molar-refractivity contribution in [2.75, 3.05) is 31.5 Å². The van der Waals surface area contributed by atoms with Crippen molar-refractivity contribution in [2.24, 2.45) is 0 Å². The van der Waals surface area contributed by atoms with Crippen LogP contribution in [0.3, 0.4) is 0 Å². The molecule has 72 heavy (non-hydrogen) atoms. The van der Waals surface area contributed by atoms with Gasteiger partial charge in [-0.2, -0.15) is 36.8 Å². The highest BCUT2D eigenvalue weighted by atomic mass is 32.2. The number of nitrogens with zero attached hydrogens (tertiary/aromatic N) is 8. The first-order valence-corrected chi connectivity index (χ1v) is 24.8. The molecule has 0 unspecified atom stereocenters. The van der Waals surface area contributed by atoms with Crippen LogP contribution in [0.25, 0.3) is 33.7 Å². The summed E-state index contributed by atoms with van der Waals surface area (Å²) < 4.78 is 74.6. The van der Waals surface area contributed by atoms with Crippen molar-refractivity contribution in [1.82, 2.24) is 29.9 Å². The molecule has 2 heterocycles. The minimum Gasteiger partial charge on any atom is -0.324 e. The van der Waals surface area contributed by atoms with E-state index in [1.165, 1.54) is 59.1 Å². The second-order valence-electron chi connectivity index (χ2n) is 15.9. The van der Waals surface area contributed by atoms with Crippen molar-refractivity contribution in [2.45, 2.75) is 9.79 Å². The summed E-state index contributed by atoms with van der Waals surface area (Å²) in [4.78, 5) is 25.6. The van der Waals surface area contributed by atoms with Gasteiger partial charge in [0.1, 0.15) is 22.4 Å². The van der Waals surface area contributed by atoms with E-state index in [2.05, 4.69) is 51.4 Å². The fourth-order valence-corrected chi connectivity index (χ4v) is 9.19. The van der Waals surface area contributed by atoms with Crippen LogP contribution in [0.2, 0.25) is 0 Å². The first-order chi connectivity index (χ1) is 34.9. The van der Waals surface area contributed by atoms with E-state index in [1.807, 2.05) is 146 Å². The van der Waals surface area contributed by atoms with Gasteiger partial charge >= 0.3 is 0 Å². The SMILES string of the molecule is O=S(=O)(O)c1cc(N(Nc2cccc3ccccc23)c2ncnc(Nc3ccccc3)n2)ccc1C=Cc1ccc(N(Nc2cccc3ccccc23)c2ncnc(Nc3ccccc3)n2)cc1S(=O)(=O)O. The molecular weight excluding hydrogens is 953 g/mol. The zero-order chi connectivity index (χ0) is 49.7. The standard InChI is InChI=1S/C52H40N12O6S2/c65-71(66,67)47-31-41(63(61-45-23-11-15-35-13-7-9-21-43(35)45)51-55-33-53-49(59-51)57-39-17-3-1-4-18-39)29-27-37(47)25-26-38-28-30-42(32-48(38)72(68,69)70)64(62-46-24-12-16-36-14-8-10-22-44(36)46)52-56-34-54-50(60-52)58-40-19-5-2-6-20-40/h1-34,61-62H,(H,65,66,67)(H,68,69,70)(H,53,55,57,59)(H,54,56,58,60). The molecule has 0 aliphatic heterocycles. The molecule has 6 N–H and O–H groups in total. The van der Waals surface area contributed by atoms with Gasteiger partial charge in [-0.25, -0.2) is 20.0 Å². The maximum Gasteiger partial charge on any atom is 0.295 e. The molecule has 10 aromatic rings. The van der Waals surface area contributed by atoms with E-state index in [1.54, 1.807) is 12.1 Å². The predicted octanol–water partition coefficient (Wildman–Crippen LogP) is 10.8. The highest BCUT2D eigenvalue weighted by Crippen LogP contribution is 2.35. The lowest BCUT2D eigenvalue weighted by Gasteiger charge is -2.26. The van der Waals surface area contributed by atoms with Gasteiger partial charge in [-0.3, -0.25) is 20.0 Å². The summed E-state index contributed by atoms with van der Waals surface area (Å²) in [5.74, 6) is 0.501. The molecule has 0 aliphatic carbocycles. The average Bonchev–Trinajstić information content (AvgIpc) is 3.39. The summed E-state index contributed by atoms with van der Waals surface area (Å²) in [5, 5.41) is 12.7. The smallest absolute Gasteiger partial charge is 0.295 e. The molecule has 0 radical (unpaired) electrons. The van der Waals surface area contributed by atoms with Crippen molar-refractivity contribution in [1.29, 1.82) is 0 Å². The molecule has 0 bridgehead atoms. The quantitative estimate of drug-likeness (QED) is 0.0300. The lowest BCUT2D eigenvalue weighted by Crippen LogP contribution is -2.27. The van der Waals surface area contributed by atoms with Crippen LogP contribution in [-0.4, -0.2) is 55.8 Å². The van der Waals surface area contributed by atoms with E-state index < -0.39 is 30.0 Å². The summed E-state index contributed by atoms with van der Waals surface area (Å²) in [5.41, 5.74) is 9.64. The van der Waals surface area contributed by atoms with Crippen molar-refractivity contribution < 1.29 is 25.9 Å². The van der Waals surface area contributed by atoms with Gasteiger partial charge in [0.2, 0.25) is 11.9 Å². The molecule has 8 aromatic carbocycles. The van der Waals surface area contributed by atoms with E-state index in [-0.39, 0.29) is 46.3 Å². The third-order valence-electron chi connectivity index (χ3n) is 11.1. The highest BCUT2D eigenvalue weighted by Gasteiger charge is 2.24. The summed E-state index contributed by atoms with van der Waals surface area (Å²) in [6.07, 6.45) is 5.22. The molecule has 0 atom stereocenters. The van der Waals surface area contributed by atoms with E-state index in [9.17, 15) is 25.9 Å². The molecule has 10 rings (SSSR count). The summed E-state index contributed by atoms with van der Waals surface area (Å²) in [6, 6.07) is 53.5. The van der Waals surface area contributed by atoms with E-state index >= 15 is 0 Å². The summed E-state index contributed by atoms with van der Waals surface area (Å²) >= 11 is 0. The molecule has 20 heteroatoms. The average molecular weight is 993 g/mol. The van der Waals surface area contributed by atoms with Crippen LogP contribution in [0.5, 0.6) is 0 Å². The molecule has 0 amide bonds. The van der Waals surface area contributed by atoms with Gasteiger partial charge in [0.25, 0.3) is 32.1 Å². The number of hydrazine groups is 2. The number of anilines is 10. The normalized spacial score (nSPS) is 11.6. The number of nitrogens with one attached hydrogen (secondary N) is 4. The van der Waals surface area contributed by atoms with E-state index in [0.29, 0.717) is 22.7 Å². The minimum absolute atomic E-state index is 0.0262. The number of hydrogen-bond donors (Lipinski definition) is 6. The van der Waals surface area contributed by atoms with Crippen molar-refractivity contribution >= 4 is 112 Å². The zero-order valence-electron chi connectivity index (χ0n) is 37.6. The Kier molecular flexibility index (Phi) is 12.9. The Bertz CT molecular complexity index is 3610. The minimum atomic E-state index is -4.97. The topological polar surface area (TPSA) is 241 Å². The molecule has 0 fully saturated rings. The Morgan fingerprint density at radius 1 is 0.431 bits per heavy atom. The third-order valence-corrected chi connectivity index (χ3v) is 12.9. The Labute approximate surface area is 412 Å². The Hall–Kier alpha value is -9.34. The molecule has 18 nitrogen and oxygen atoms in total. The second-order valence-corrected chi connectivity index (χ2v) is 18.7. The zero-order valence-corrected chi connectivity index (χ0v) is 39.2. The largest absolute Gasteiger partial charge is 0.324 e. The van der Waals surface area contributed by atoms with Gasteiger partial charge in [-0.1, -0.05) is 133 Å². The van der Waals surface area contributed by atoms with Crippen LogP contribution < -0.4 is 31.5 Å². The molecule has 0 saturated heterocycles. The molecule has 356 valence electrons. The van der Waals surface area contributed by atoms with Gasteiger partial charge in [0, 0.05) is 22.1 Å². The van der Waals surface area contributed by atoms with Gasteiger partial charge in [0.15, 0.2) is 0 Å². The molecule has 0 aliphatic rings. The van der Waals surface area contributed by atoms with Gasteiger partial charge in [-0.15, -0.1) is 0 Å². The van der Waals surface area contributed by atoms with Crippen LogP contribution in [0, 0.1) is 0 Å². The van der Waals surface area contributed by atoms with Crippen LogP contribution in [0.1, 0.15) is 11.1 Å². The fraction of sp³-hybridized carbons (Fsp3) is 0. The lowest BCUT2D eigenvalue weighted by molar-refractivity contribution is 0.480. The summed E-state index contributed by atoms with van der Waals surface area (Å²) in [6.45, 7) is 0. The molecule has 2 aromatic heterocycles. The van der Waals surface area contributed by atoms with Gasteiger partial charge in [0.05, 0.1) is 22.7 Å². The number of aromatic nitrogens is 6. The van der Waals surface area contributed by atoms with Crippen molar-refractivity contribution in [3.05, 3.63) is 206 Å². The maximum atomic E-state index is 13.3. The lowest BCUT2D eigenvalue weighted by atomic mass is 10.1. The van der Waals surface area contributed by atoms with Gasteiger partial charge < -0.3 is 10.6 Å². The predicted molar refractivity (Wildman–Crippen MR) is 280 cm³/mol. The number of rotatable bonds is 16. The molecular formula is C52H40N12O6S2. The van der Waals surface area contributed by atoms with Crippen LogP contribution >= 0.6 is 0 Å². The fourth-order valence-electron chi connectivity index (χ4n) is 7.79. The third kappa shape index (κ3) is 10.5. The number of benzene rings is 8. The first-order valence-electron chi connectivity index (χ1n) is 22.0. The first kappa shape index (κ1) is 46.4. The number of para-hydroxylation sites is 2. The van der Waals surface area contributed by atoms with Crippen molar-refractivity contribution in [3.8, 4) is 0 Å². The molecule has 0 spiro atoms. The van der Waals surface area contributed by atoms with Crippen LogP contribution in [0.4, 0.5) is 57.9 Å². The van der Waals surface area contributed by atoms with Gasteiger partial charge in [-0.05, 0) is 82.6 Å². The Balaban J connectivity index is 1.03. The van der Waals surface area contributed by atoms with Crippen LogP contribution in [-0.2, 0) is 20.2 Å². The molecule has 0 saturated carbocycles. The second kappa shape index (κ2) is 19.9. The monoisotopic (exact) mass is 992 g/mol. The Morgan fingerprint density at radius 3 is 1.24 bits per heavy atom. The maximum absolute atomic E-state index is 13.3. The van der Waals surface area contributed by atoms with E-state index in [0.717, 1.165) is 21.5 Å². The Morgan fingerprint density at radius 2 is 0.819 bits per heavy atom. The van der Waals surface area contributed by atoms with E-state index in [4.69, 9.17) is 0 Å². The highest BCUT2D eigenvalue weighted by molar-refractivity contribution is 7.86. The number of hydrogen-bond acceptors (Lipinski definition) is 16. The van der Waals surface area contributed by atoms with Crippen molar-refractivity contribution in [3.63, 3.8) is 0 Å². The summed E-state index contributed by atoms with van der Waals surface area (Å²) in [7, 11) is -9.93. The van der Waals surface area contributed by atoms with Crippen LogP contribution in [0.15, 0.2) is 204 Å². The number of fused-ring (bicyclic) bond motifs is 2.